The van der Waals surface area contributed by atoms with Crippen LogP contribution in [0.3, 0.4) is 0 Å². The van der Waals surface area contributed by atoms with Crippen molar-refractivity contribution in [2.45, 2.75) is 162 Å². The maximum Gasteiger partial charge on any atom is 0.410 e. The predicted octanol–water partition coefficient (Wildman–Crippen LogP) is 12.8. The molecular weight excluding hydrogens is 526 g/mol. The molecule has 3 heteroatoms. The van der Waals surface area contributed by atoms with Crippen molar-refractivity contribution in [2.75, 3.05) is 0 Å². The van der Waals surface area contributed by atoms with Gasteiger partial charge < -0.3 is 9.64 Å². The molecule has 0 bridgehead atoms. The van der Waals surface area contributed by atoms with Gasteiger partial charge in [0.15, 0.2) is 0 Å². The van der Waals surface area contributed by atoms with Crippen molar-refractivity contribution in [3.05, 3.63) is 60.2 Å². The Morgan fingerprint density at radius 3 is 1.47 bits per heavy atom. The van der Waals surface area contributed by atoms with Gasteiger partial charge in [-0.1, -0.05) is 166 Å². The number of unbranched alkanes of at least 4 members (excludes halogenated alkanes) is 12. The highest BCUT2D eigenvalue weighted by atomic mass is 16.6. The number of carbonyl (C=O) groups is 1. The summed E-state index contributed by atoms with van der Waals surface area (Å²) in [5.74, 6) is 0. The van der Waals surface area contributed by atoms with Gasteiger partial charge in [-0.05, 0) is 53.3 Å². The van der Waals surface area contributed by atoms with Crippen LogP contribution >= 0.6 is 0 Å². The maximum absolute atomic E-state index is 14.1. The zero-order valence-electron chi connectivity index (χ0n) is 28.0. The van der Waals surface area contributed by atoms with Gasteiger partial charge in [-0.25, -0.2) is 4.79 Å². The molecule has 0 saturated carbocycles. The van der Waals surface area contributed by atoms with Crippen molar-refractivity contribution in [3.8, 4) is 0 Å². The molecular formula is C40H61NO2. The van der Waals surface area contributed by atoms with Crippen molar-refractivity contribution < 1.29 is 9.53 Å². The minimum atomic E-state index is -0.124. The molecule has 0 N–H and O–H groups in total. The number of hydrogen-bond acceptors (Lipinski definition) is 2. The monoisotopic (exact) mass is 587 g/mol. The lowest BCUT2D eigenvalue weighted by Crippen LogP contribution is -2.47. The Labute approximate surface area is 263 Å². The molecule has 0 aliphatic heterocycles. The van der Waals surface area contributed by atoms with Crippen LogP contribution in [0.4, 0.5) is 4.79 Å². The van der Waals surface area contributed by atoms with E-state index in [4.69, 9.17) is 4.74 Å². The molecule has 2 atom stereocenters. The number of hydrogen-bond donors (Lipinski definition) is 0. The number of rotatable bonds is 22. The third kappa shape index (κ3) is 11.1. The van der Waals surface area contributed by atoms with Gasteiger partial charge in [0.2, 0.25) is 0 Å². The van der Waals surface area contributed by atoms with Crippen LogP contribution in [0.5, 0.6) is 0 Å². The summed E-state index contributed by atoms with van der Waals surface area (Å²) in [6.07, 6.45) is 22.2. The standard InChI is InChI=1S/C40H61NO2/c1-5-9-11-13-15-17-19-27-35(7-3)41(36(8-4)28-20-18-16-14-12-10-6-2)40(42)43-32-39-37-29-23-21-25-33(37)31-34-26-22-24-30-38(34)39/h21-26,29-31,35-36H,5-20,27-28,32H2,1-4H3. The Kier molecular flexibility index (Phi) is 16.6. The average Bonchev–Trinajstić information content (AvgIpc) is 3.04. The highest BCUT2D eigenvalue weighted by Crippen LogP contribution is 2.30. The summed E-state index contributed by atoms with van der Waals surface area (Å²) in [4.78, 5) is 16.3. The molecule has 238 valence electrons. The molecule has 0 aliphatic rings. The van der Waals surface area contributed by atoms with E-state index in [1.165, 1.54) is 111 Å². The maximum atomic E-state index is 14.1. The second-order valence-electron chi connectivity index (χ2n) is 12.7. The summed E-state index contributed by atoms with van der Waals surface area (Å²) in [6.45, 7) is 9.37. The fraction of sp³-hybridized carbons (Fsp3) is 0.625. The van der Waals surface area contributed by atoms with E-state index in [0.717, 1.165) is 31.2 Å². The molecule has 3 aromatic rings. The van der Waals surface area contributed by atoms with Crippen LogP contribution in [-0.2, 0) is 11.3 Å². The van der Waals surface area contributed by atoms with Crippen molar-refractivity contribution in [2.24, 2.45) is 0 Å². The van der Waals surface area contributed by atoms with Gasteiger partial charge in [-0.3, -0.25) is 0 Å². The molecule has 0 fully saturated rings. The van der Waals surface area contributed by atoms with Crippen molar-refractivity contribution >= 4 is 27.6 Å². The number of carbonyl (C=O) groups excluding carboxylic acids is 1. The minimum absolute atomic E-state index is 0.124. The molecule has 43 heavy (non-hydrogen) atoms. The fourth-order valence-electron chi connectivity index (χ4n) is 6.82. The highest BCUT2D eigenvalue weighted by Gasteiger charge is 2.30. The second kappa shape index (κ2) is 20.4. The van der Waals surface area contributed by atoms with Crippen LogP contribution in [0, 0.1) is 0 Å². The summed E-state index contributed by atoms with van der Waals surface area (Å²) in [5.41, 5.74) is 1.11. The topological polar surface area (TPSA) is 29.5 Å². The molecule has 0 saturated heterocycles. The Morgan fingerprint density at radius 1 is 0.605 bits per heavy atom. The van der Waals surface area contributed by atoms with Crippen molar-refractivity contribution in [3.63, 3.8) is 0 Å². The Balaban J connectivity index is 1.73. The largest absolute Gasteiger partial charge is 0.444 e. The summed E-state index contributed by atoms with van der Waals surface area (Å²) in [7, 11) is 0. The average molecular weight is 588 g/mol. The lowest BCUT2D eigenvalue weighted by Gasteiger charge is -2.37. The molecule has 0 aliphatic carbocycles. The van der Waals surface area contributed by atoms with E-state index in [2.05, 4.69) is 87.2 Å². The highest BCUT2D eigenvalue weighted by molar-refractivity contribution is 6.02. The van der Waals surface area contributed by atoms with E-state index in [9.17, 15) is 4.79 Å². The van der Waals surface area contributed by atoms with Gasteiger partial charge in [0, 0.05) is 17.6 Å². The zero-order chi connectivity index (χ0) is 30.7. The first-order chi connectivity index (χ1) is 21.1. The van der Waals surface area contributed by atoms with Crippen LogP contribution in [0.25, 0.3) is 21.5 Å². The number of ether oxygens (including phenoxy) is 1. The quantitative estimate of drug-likeness (QED) is 0.0864. The minimum Gasteiger partial charge on any atom is -0.444 e. The fourth-order valence-corrected chi connectivity index (χ4v) is 6.82. The predicted molar refractivity (Wildman–Crippen MR) is 187 cm³/mol. The number of amides is 1. The van der Waals surface area contributed by atoms with Gasteiger partial charge in [0.05, 0.1) is 0 Å². The van der Waals surface area contributed by atoms with E-state index < -0.39 is 0 Å². The third-order valence-corrected chi connectivity index (χ3v) is 9.44. The molecule has 0 spiro atoms. The van der Waals surface area contributed by atoms with Crippen molar-refractivity contribution in [1.82, 2.24) is 4.90 Å². The van der Waals surface area contributed by atoms with E-state index in [0.29, 0.717) is 6.61 Å². The molecule has 3 aromatic carbocycles. The Hall–Kier alpha value is -2.55. The molecule has 3 nitrogen and oxygen atoms in total. The Bertz CT molecular complexity index is 1110. The lowest BCUT2D eigenvalue weighted by atomic mass is 9.97. The molecule has 0 aromatic heterocycles. The van der Waals surface area contributed by atoms with Gasteiger partial charge in [0.1, 0.15) is 6.61 Å². The summed E-state index contributed by atoms with van der Waals surface area (Å²) in [6, 6.07) is 19.7. The second-order valence-corrected chi connectivity index (χ2v) is 12.7. The molecule has 0 heterocycles. The van der Waals surface area contributed by atoms with Gasteiger partial charge in [0.25, 0.3) is 0 Å². The van der Waals surface area contributed by atoms with Crippen molar-refractivity contribution in [1.29, 1.82) is 0 Å². The zero-order valence-corrected chi connectivity index (χ0v) is 28.0. The van der Waals surface area contributed by atoms with Crippen LogP contribution in [0.2, 0.25) is 0 Å². The van der Waals surface area contributed by atoms with Crippen LogP contribution in [-0.4, -0.2) is 23.1 Å². The number of fused-ring (bicyclic) bond motifs is 2. The third-order valence-electron chi connectivity index (χ3n) is 9.44. The molecule has 3 rings (SSSR count). The first kappa shape index (κ1) is 34.9. The summed E-state index contributed by atoms with van der Waals surface area (Å²) in [5, 5.41) is 4.73. The number of nitrogens with zero attached hydrogens (tertiary/aromatic N) is 1. The van der Waals surface area contributed by atoms with E-state index in [1.807, 2.05) is 0 Å². The number of benzene rings is 3. The Morgan fingerprint density at radius 2 is 1.02 bits per heavy atom. The summed E-state index contributed by atoms with van der Waals surface area (Å²) < 4.78 is 6.30. The lowest BCUT2D eigenvalue weighted by molar-refractivity contribution is 0.0530. The first-order valence-electron chi connectivity index (χ1n) is 18.0. The van der Waals surface area contributed by atoms with Gasteiger partial charge in [-0.2, -0.15) is 0 Å². The van der Waals surface area contributed by atoms with Crippen LogP contribution < -0.4 is 0 Å². The van der Waals surface area contributed by atoms with Gasteiger partial charge in [-0.15, -0.1) is 0 Å². The van der Waals surface area contributed by atoms with Gasteiger partial charge >= 0.3 is 6.09 Å². The van der Waals surface area contributed by atoms with Crippen LogP contribution in [0.1, 0.15) is 149 Å². The first-order valence-corrected chi connectivity index (χ1v) is 18.0. The molecule has 1 amide bonds. The normalized spacial score (nSPS) is 12.9. The molecule has 2 unspecified atom stereocenters. The van der Waals surface area contributed by atoms with Crippen LogP contribution in [0.15, 0.2) is 54.6 Å². The SMILES string of the molecule is CCCCCCCCCC(CC)N(C(=O)OCc1c2ccccc2cc2ccccc12)C(CC)CCCCCCCCC. The van der Waals surface area contributed by atoms with E-state index in [1.54, 1.807) is 0 Å². The van der Waals surface area contributed by atoms with E-state index in [-0.39, 0.29) is 18.2 Å². The van der Waals surface area contributed by atoms with E-state index >= 15 is 0 Å². The molecule has 0 radical (unpaired) electrons. The summed E-state index contributed by atoms with van der Waals surface area (Å²) >= 11 is 0. The smallest absolute Gasteiger partial charge is 0.410 e.